The molecule has 0 amide bonds. The molecule has 0 saturated carbocycles. The van der Waals surface area contributed by atoms with Crippen LogP contribution in [0.4, 0.5) is 8.78 Å². The Morgan fingerprint density at radius 1 is 1.35 bits per heavy atom. The van der Waals surface area contributed by atoms with Crippen molar-refractivity contribution in [2.24, 2.45) is 5.73 Å². The molecule has 1 heterocycles. The van der Waals surface area contributed by atoms with Gasteiger partial charge in [0.05, 0.1) is 4.90 Å². The summed E-state index contributed by atoms with van der Waals surface area (Å²) in [5.41, 5.74) is 5.18. The first-order valence-corrected chi connectivity index (χ1v) is 5.95. The molecule has 3 N–H and O–H groups in total. The van der Waals surface area contributed by atoms with Crippen molar-refractivity contribution < 1.29 is 8.78 Å². The van der Waals surface area contributed by atoms with Crippen molar-refractivity contribution in [3.05, 3.63) is 35.7 Å². The maximum absolute atomic E-state index is 13.6. The van der Waals surface area contributed by atoms with E-state index in [-0.39, 0.29) is 16.3 Å². The van der Waals surface area contributed by atoms with Crippen molar-refractivity contribution in [2.45, 2.75) is 9.24 Å². The van der Waals surface area contributed by atoms with Crippen LogP contribution in [0.3, 0.4) is 0 Å². The van der Waals surface area contributed by atoms with Gasteiger partial charge in [0.1, 0.15) is 23.8 Å². The molecule has 1 aromatic carbocycles. The van der Waals surface area contributed by atoms with Gasteiger partial charge in [-0.05, 0) is 23.7 Å². The molecule has 17 heavy (non-hydrogen) atoms. The number of rotatable bonds is 3. The number of nitrogens with zero attached hydrogens (tertiary/aromatic N) is 2. The monoisotopic (exact) mass is 272 g/mol. The molecule has 4 nitrogen and oxygen atoms in total. The zero-order valence-electron chi connectivity index (χ0n) is 8.28. The van der Waals surface area contributed by atoms with Crippen LogP contribution < -0.4 is 5.73 Å². The van der Waals surface area contributed by atoms with E-state index in [2.05, 4.69) is 9.36 Å². The third-order valence-electron chi connectivity index (χ3n) is 1.84. The lowest BCUT2D eigenvalue weighted by atomic mass is 10.2. The molecule has 0 aliphatic carbocycles. The summed E-state index contributed by atoms with van der Waals surface area (Å²) in [4.78, 5) is 3.65. The molecule has 0 aliphatic rings. The predicted molar refractivity (Wildman–Crippen MR) is 61.4 cm³/mol. The Hall–Kier alpha value is -1.54. The molecule has 88 valence electrons. The van der Waals surface area contributed by atoms with Crippen LogP contribution in [0.1, 0.15) is 5.56 Å². The lowest BCUT2D eigenvalue weighted by Crippen LogP contribution is -2.12. The average Bonchev–Trinajstić information content (AvgIpc) is 2.75. The second kappa shape index (κ2) is 4.76. The minimum atomic E-state index is -0.768. The van der Waals surface area contributed by atoms with Gasteiger partial charge in [-0.25, -0.2) is 13.8 Å². The maximum atomic E-state index is 13.6. The molecule has 2 rings (SSSR count). The fourth-order valence-electron chi connectivity index (χ4n) is 1.11. The molecular weight excluding hydrogens is 266 g/mol. The van der Waals surface area contributed by atoms with E-state index in [9.17, 15) is 8.78 Å². The number of nitrogen functional groups attached to an aromatic ring is 1. The summed E-state index contributed by atoms with van der Waals surface area (Å²) in [6.45, 7) is 0. The Kier molecular flexibility index (Phi) is 3.34. The minimum Gasteiger partial charge on any atom is -0.384 e. The third-order valence-corrected chi connectivity index (χ3v) is 3.65. The fourth-order valence-corrected chi connectivity index (χ4v) is 2.50. The van der Waals surface area contributed by atoms with E-state index < -0.39 is 11.6 Å². The van der Waals surface area contributed by atoms with E-state index in [1.165, 1.54) is 6.33 Å². The van der Waals surface area contributed by atoms with Crippen LogP contribution in [-0.2, 0) is 0 Å². The summed E-state index contributed by atoms with van der Waals surface area (Å²) in [6, 6.07) is 2.05. The highest BCUT2D eigenvalue weighted by Gasteiger charge is 2.15. The first-order valence-electron chi connectivity index (χ1n) is 4.36. The van der Waals surface area contributed by atoms with Gasteiger partial charge in [-0.1, -0.05) is 11.8 Å². The van der Waals surface area contributed by atoms with Gasteiger partial charge in [-0.15, -0.1) is 0 Å². The summed E-state index contributed by atoms with van der Waals surface area (Å²) in [5.74, 6) is -1.92. The van der Waals surface area contributed by atoms with Gasteiger partial charge in [0.15, 0.2) is 4.34 Å². The fraction of sp³-hybridized carbons (Fsp3) is 0. The highest BCUT2D eigenvalue weighted by atomic mass is 32.2. The molecule has 0 aliphatic heterocycles. The quantitative estimate of drug-likeness (QED) is 0.663. The molecule has 0 bridgehead atoms. The van der Waals surface area contributed by atoms with Crippen LogP contribution in [-0.4, -0.2) is 15.2 Å². The van der Waals surface area contributed by atoms with Crippen molar-refractivity contribution in [1.82, 2.24) is 9.36 Å². The van der Waals surface area contributed by atoms with Crippen molar-refractivity contribution >= 4 is 29.1 Å². The summed E-state index contributed by atoms with van der Waals surface area (Å²) in [6.07, 6.45) is 1.31. The Bertz CT molecular complexity index is 533. The second-order valence-electron chi connectivity index (χ2n) is 2.99. The topological polar surface area (TPSA) is 75.7 Å². The molecule has 0 saturated heterocycles. The molecule has 1 aromatic heterocycles. The van der Waals surface area contributed by atoms with Gasteiger partial charge >= 0.3 is 0 Å². The normalized spacial score (nSPS) is 10.5. The second-order valence-corrected chi connectivity index (χ2v) is 5.03. The van der Waals surface area contributed by atoms with Crippen molar-refractivity contribution in [2.75, 3.05) is 0 Å². The van der Waals surface area contributed by atoms with Crippen LogP contribution >= 0.6 is 23.3 Å². The van der Waals surface area contributed by atoms with E-state index in [4.69, 9.17) is 11.1 Å². The minimum absolute atomic E-state index is 0.0154. The predicted octanol–water partition coefficient (Wildman–Crippen LogP) is 2.25. The average molecular weight is 272 g/mol. The Balaban J connectivity index is 2.38. The first kappa shape index (κ1) is 11.9. The summed E-state index contributed by atoms with van der Waals surface area (Å²) < 4.78 is 31.4. The van der Waals surface area contributed by atoms with Crippen LogP contribution in [0.25, 0.3) is 0 Å². The van der Waals surface area contributed by atoms with Gasteiger partial charge in [-0.2, -0.15) is 4.37 Å². The van der Waals surface area contributed by atoms with Crippen molar-refractivity contribution in [1.29, 1.82) is 5.41 Å². The molecule has 0 spiro atoms. The lowest BCUT2D eigenvalue weighted by molar-refractivity contribution is 0.540. The van der Waals surface area contributed by atoms with Crippen LogP contribution in [0.15, 0.2) is 27.7 Å². The Labute approximate surface area is 104 Å². The van der Waals surface area contributed by atoms with Crippen LogP contribution in [0.2, 0.25) is 0 Å². The number of nitrogens with two attached hydrogens (primary N) is 1. The van der Waals surface area contributed by atoms with E-state index >= 15 is 0 Å². The summed E-state index contributed by atoms with van der Waals surface area (Å²) in [5, 5.41) is 7.11. The Morgan fingerprint density at radius 2 is 2.00 bits per heavy atom. The van der Waals surface area contributed by atoms with Crippen LogP contribution in [0, 0.1) is 17.0 Å². The Morgan fingerprint density at radius 3 is 2.47 bits per heavy atom. The number of amidine groups is 1. The molecule has 0 unspecified atom stereocenters. The zero-order valence-corrected chi connectivity index (χ0v) is 9.91. The van der Waals surface area contributed by atoms with Gasteiger partial charge in [-0.3, -0.25) is 5.41 Å². The van der Waals surface area contributed by atoms with Crippen LogP contribution in [0.5, 0.6) is 0 Å². The van der Waals surface area contributed by atoms with E-state index in [1.807, 2.05) is 0 Å². The van der Waals surface area contributed by atoms with Crippen molar-refractivity contribution in [3.63, 3.8) is 0 Å². The third kappa shape index (κ3) is 2.59. The van der Waals surface area contributed by atoms with Crippen molar-refractivity contribution in [3.8, 4) is 0 Å². The largest absolute Gasteiger partial charge is 0.384 e. The molecule has 0 radical (unpaired) electrons. The smallest absolute Gasteiger partial charge is 0.174 e. The molecular formula is C9H6F2N4S2. The van der Waals surface area contributed by atoms with Gasteiger partial charge < -0.3 is 5.73 Å². The number of nitrogens with one attached hydrogen (secondary N) is 1. The SMILES string of the molecule is N=C(N)c1cc(F)c(Sc2ncns2)c(F)c1. The molecule has 0 atom stereocenters. The summed E-state index contributed by atoms with van der Waals surface area (Å²) >= 11 is 1.90. The number of benzene rings is 1. The number of aromatic nitrogens is 2. The van der Waals surface area contributed by atoms with E-state index in [1.54, 1.807) is 0 Å². The number of hydrogen-bond donors (Lipinski definition) is 2. The van der Waals surface area contributed by atoms with Gasteiger partial charge in [0.2, 0.25) is 0 Å². The van der Waals surface area contributed by atoms with Gasteiger partial charge in [0.25, 0.3) is 0 Å². The van der Waals surface area contributed by atoms with E-state index in [0.717, 1.165) is 35.4 Å². The number of halogens is 2. The number of hydrogen-bond acceptors (Lipinski definition) is 5. The maximum Gasteiger partial charge on any atom is 0.174 e. The highest BCUT2D eigenvalue weighted by molar-refractivity contribution is 8.01. The summed E-state index contributed by atoms with van der Waals surface area (Å²) in [7, 11) is 0. The van der Waals surface area contributed by atoms with Gasteiger partial charge in [0, 0.05) is 5.56 Å². The molecule has 2 aromatic rings. The zero-order chi connectivity index (χ0) is 12.4. The first-order chi connectivity index (χ1) is 8.08. The highest BCUT2D eigenvalue weighted by Crippen LogP contribution is 2.32. The lowest BCUT2D eigenvalue weighted by Gasteiger charge is -2.05. The molecule has 0 fully saturated rings. The molecule has 8 heteroatoms. The van der Waals surface area contributed by atoms with E-state index in [0.29, 0.717) is 4.34 Å². The standard InChI is InChI=1S/C9H6F2N4S2/c10-5-1-4(8(12)13)2-6(11)7(5)16-9-14-3-15-17-9/h1-3H,(H3,12,13).